The maximum atomic E-state index is 12.7. The fourth-order valence-electron chi connectivity index (χ4n) is 2.71. The van der Waals surface area contributed by atoms with Gasteiger partial charge in [0.05, 0.1) is 17.7 Å². The summed E-state index contributed by atoms with van der Waals surface area (Å²) in [5.74, 6) is -0.386. The van der Waals surface area contributed by atoms with Gasteiger partial charge in [-0.25, -0.2) is 8.42 Å². The Bertz CT molecular complexity index is 1000. The number of benzene rings is 2. The normalized spacial score (nSPS) is 11.2. The first-order chi connectivity index (χ1) is 14.2. The molecule has 3 N–H and O–H groups in total. The highest BCUT2D eigenvalue weighted by molar-refractivity contribution is 7.89. The van der Waals surface area contributed by atoms with E-state index in [1.54, 1.807) is 13.8 Å². The van der Waals surface area contributed by atoms with Crippen molar-refractivity contribution in [2.45, 2.75) is 18.7 Å². The van der Waals surface area contributed by atoms with Crippen LogP contribution in [0, 0.1) is 0 Å². The predicted molar refractivity (Wildman–Crippen MR) is 112 cm³/mol. The Morgan fingerprint density at radius 2 is 1.70 bits per heavy atom. The molecule has 0 saturated carbocycles. The van der Waals surface area contributed by atoms with Gasteiger partial charge in [0.2, 0.25) is 15.9 Å². The van der Waals surface area contributed by atoms with Crippen LogP contribution in [-0.2, 0) is 14.8 Å². The van der Waals surface area contributed by atoms with E-state index in [0.29, 0.717) is 30.2 Å². The molecule has 2 aromatic carbocycles. The van der Waals surface area contributed by atoms with Crippen molar-refractivity contribution in [3.8, 4) is 11.5 Å². The summed E-state index contributed by atoms with van der Waals surface area (Å²) >= 11 is 0. The van der Waals surface area contributed by atoms with Gasteiger partial charge in [0.1, 0.15) is 11.5 Å². The Hall–Kier alpha value is -3.11. The van der Waals surface area contributed by atoms with E-state index >= 15 is 0 Å². The highest BCUT2D eigenvalue weighted by Crippen LogP contribution is 2.29. The lowest BCUT2D eigenvalue weighted by Crippen LogP contribution is -2.30. The Morgan fingerprint density at radius 1 is 1.07 bits per heavy atom. The van der Waals surface area contributed by atoms with Crippen molar-refractivity contribution in [2.75, 3.05) is 32.1 Å². The molecule has 0 radical (unpaired) electrons. The summed E-state index contributed by atoms with van der Waals surface area (Å²) in [6.07, 6.45) is 0. The summed E-state index contributed by atoms with van der Waals surface area (Å²) in [7, 11) is -2.28. The second-order valence-corrected chi connectivity index (χ2v) is 8.11. The first kappa shape index (κ1) is 23.2. The van der Waals surface area contributed by atoms with Crippen LogP contribution in [-0.4, -0.2) is 51.3 Å². The number of anilines is 1. The first-order valence-corrected chi connectivity index (χ1v) is 10.7. The van der Waals surface area contributed by atoms with E-state index in [-0.39, 0.29) is 17.2 Å². The number of hydrogen-bond donors (Lipinski definition) is 2. The van der Waals surface area contributed by atoms with Gasteiger partial charge in [-0.3, -0.25) is 9.59 Å². The van der Waals surface area contributed by atoms with Crippen molar-refractivity contribution in [2.24, 2.45) is 5.73 Å². The molecular weight excluding hydrogens is 410 g/mol. The Kier molecular flexibility index (Phi) is 7.79. The number of nitrogens with one attached hydrogen (secondary N) is 1. The topological polar surface area (TPSA) is 128 Å². The average Bonchev–Trinajstić information content (AvgIpc) is 2.73. The molecule has 0 saturated heterocycles. The van der Waals surface area contributed by atoms with Crippen LogP contribution in [0.1, 0.15) is 24.2 Å². The molecule has 162 valence electrons. The minimum atomic E-state index is -3.69. The molecule has 2 rings (SSSR count). The van der Waals surface area contributed by atoms with Crippen LogP contribution in [0.15, 0.2) is 47.4 Å². The van der Waals surface area contributed by atoms with Crippen LogP contribution in [0.3, 0.4) is 0 Å². The lowest BCUT2D eigenvalue weighted by molar-refractivity contribution is -0.118. The fourth-order valence-corrected chi connectivity index (χ4v) is 4.19. The van der Waals surface area contributed by atoms with E-state index in [1.807, 2.05) is 0 Å². The summed E-state index contributed by atoms with van der Waals surface area (Å²) in [6.45, 7) is 3.83. The van der Waals surface area contributed by atoms with Gasteiger partial charge in [0.25, 0.3) is 5.91 Å². The van der Waals surface area contributed by atoms with Gasteiger partial charge < -0.3 is 20.5 Å². The zero-order valence-electron chi connectivity index (χ0n) is 17.0. The van der Waals surface area contributed by atoms with Crippen molar-refractivity contribution in [3.05, 3.63) is 48.0 Å². The third kappa shape index (κ3) is 5.49. The Morgan fingerprint density at radius 3 is 2.23 bits per heavy atom. The third-order valence-electron chi connectivity index (χ3n) is 4.30. The zero-order chi connectivity index (χ0) is 22.3. The lowest BCUT2D eigenvalue weighted by atomic mass is 10.2. The molecule has 10 heteroatoms. The van der Waals surface area contributed by atoms with E-state index in [9.17, 15) is 18.0 Å². The molecule has 0 bridgehead atoms. The molecular formula is C20H25N3O6S. The van der Waals surface area contributed by atoms with Gasteiger partial charge in [0.15, 0.2) is 6.61 Å². The average molecular weight is 436 g/mol. The molecule has 0 atom stereocenters. The minimum absolute atomic E-state index is 0.0465. The molecule has 30 heavy (non-hydrogen) atoms. The molecule has 2 amide bonds. The highest BCUT2D eigenvalue weighted by atomic mass is 32.2. The van der Waals surface area contributed by atoms with Crippen molar-refractivity contribution >= 4 is 27.5 Å². The molecule has 0 aliphatic heterocycles. The third-order valence-corrected chi connectivity index (χ3v) is 6.34. The van der Waals surface area contributed by atoms with Crippen molar-refractivity contribution < 1.29 is 27.5 Å². The number of primary amides is 1. The lowest BCUT2D eigenvalue weighted by Gasteiger charge is -2.19. The number of ether oxygens (including phenoxy) is 2. The molecule has 0 spiro atoms. The molecule has 0 heterocycles. The molecule has 0 aliphatic rings. The van der Waals surface area contributed by atoms with Crippen LogP contribution in [0.2, 0.25) is 0 Å². The van der Waals surface area contributed by atoms with Crippen LogP contribution >= 0.6 is 0 Å². The number of sulfonamides is 1. The van der Waals surface area contributed by atoms with Crippen molar-refractivity contribution in [1.29, 1.82) is 0 Å². The number of nitrogens with zero attached hydrogens (tertiary/aromatic N) is 1. The van der Waals surface area contributed by atoms with Gasteiger partial charge in [-0.05, 0) is 42.5 Å². The summed E-state index contributed by atoms with van der Waals surface area (Å²) in [4.78, 5) is 23.4. The van der Waals surface area contributed by atoms with Crippen LogP contribution < -0.4 is 20.5 Å². The highest BCUT2D eigenvalue weighted by Gasteiger charge is 2.23. The number of amides is 2. The fraction of sp³-hybridized carbons (Fsp3) is 0.300. The van der Waals surface area contributed by atoms with Crippen molar-refractivity contribution in [3.63, 3.8) is 0 Å². The number of carbonyl (C=O) groups is 2. The van der Waals surface area contributed by atoms with E-state index in [0.717, 1.165) is 0 Å². The van der Waals surface area contributed by atoms with E-state index in [2.05, 4.69) is 5.32 Å². The maximum Gasteiger partial charge on any atom is 0.262 e. The second kappa shape index (κ2) is 10.1. The Labute approximate surface area is 175 Å². The SMILES string of the molecule is CCN(CC)S(=O)(=O)c1ccc(OC)c(NC(=O)COc2ccc(C(N)=O)cc2)c1. The van der Waals surface area contributed by atoms with E-state index in [4.69, 9.17) is 15.2 Å². The van der Waals surface area contributed by atoms with Gasteiger partial charge in [0, 0.05) is 18.7 Å². The largest absolute Gasteiger partial charge is 0.495 e. The molecule has 9 nitrogen and oxygen atoms in total. The monoisotopic (exact) mass is 435 g/mol. The van der Waals surface area contributed by atoms with Crippen LogP contribution in [0.25, 0.3) is 0 Å². The summed E-state index contributed by atoms with van der Waals surface area (Å²) in [6, 6.07) is 10.3. The van der Waals surface area contributed by atoms with Crippen LogP contribution in [0.4, 0.5) is 5.69 Å². The number of hydrogen-bond acceptors (Lipinski definition) is 6. The summed E-state index contributed by atoms with van der Waals surface area (Å²) in [5, 5.41) is 2.60. The molecule has 0 aromatic heterocycles. The van der Waals surface area contributed by atoms with Gasteiger partial charge >= 0.3 is 0 Å². The molecule has 2 aromatic rings. The number of methoxy groups -OCH3 is 1. The second-order valence-electron chi connectivity index (χ2n) is 6.18. The molecule has 0 unspecified atom stereocenters. The summed E-state index contributed by atoms with van der Waals surface area (Å²) < 4.78 is 37.4. The van der Waals surface area contributed by atoms with E-state index in [1.165, 1.54) is 53.9 Å². The molecule has 0 fully saturated rings. The first-order valence-electron chi connectivity index (χ1n) is 9.23. The minimum Gasteiger partial charge on any atom is -0.495 e. The van der Waals surface area contributed by atoms with E-state index < -0.39 is 21.8 Å². The molecule has 0 aliphatic carbocycles. The number of nitrogens with two attached hydrogens (primary N) is 1. The van der Waals surface area contributed by atoms with Gasteiger partial charge in [-0.1, -0.05) is 13.8 Å². The Balaban J connectivity index is 2.14. The van der Waals surface area contributed by atoms with Gasteiger partial charge in [-0.2, -0.15) is 4.31 Å². The number of rotatable bonds is 10. The van der Waals surface area contributed by atoms with Crippen LogP contribution in [0.5, 0.6) is 11.5 Å². The van der Waals surface area contributed by atoms with Gasteiger partial charge in [-0.15, -0.1) is 0 Å². The quantitative estimate of drug-likeness (QED) is 0.586. The smallest absolute Gasteiger partial charge is 0.262 e. The van der Waals surface area contributed by atoms with Crippen molar-refractivity contribution in [1.82, 2.24) is 4.31 Å². The predicted octanol–water partition coefficient (Wildman–Crippen LogP) is 1.84. The number of carbonyl (C=O) groups excluding carboxylic acids is 2. The standard InChI is InChI=1S/C20H25N3O6S/c1-4-23(5-2)30(26,27)16-10-11-18(28-3)17(12-16)22-19(24)13-29-15-8-6-14(7-9-15)20(21)25/h6-12H,4-5,13H2,1-3H3,(H2,21,25)(H,22,24). The maximum absolute atomic E-state index is 12.7. The summed E-state index contributed by atoms with van der Waals surface area (Å²) in [5.41, 5.74) is 5.71. The zero-order valence-corrected chi connectivity index (χ0v) is 17.9.